The summed E-state index contributed by atoms with van der Waals surface area (Å²) in [6.45, 7) is 15.3. The SMILES string of the molecule is CC(C)=CC[C@H]1C[C@@]23C[C@H]4C[C@@]5(C(C)(C)O)O[C@]26[C@](C(=O)c2ccc(O)c(O)c2)(C[C@]4(C)O5)C(=O)[C@@](CC=C(C)C)(C[C@]16C)C3=O. The van der Waals surface area contributed by atoms with Crippen LogP contribution in [0.25, 0.3) is 0 Å². The predicted octanol–water partition coefficient (Wildman–Crippen LogP) is 6.36. The zero-order chi connectivity index (χ0) is 33.7. The third-order valence-corrected chi connectivity index (χ3v) is 13.5. The number of aromatic hydroxyl groups is 2. The second-order valence-corrected chi connectivity index (χ2v) is 17.1. The maximum Gasteiger partial charge on any atom is 0.198 e. The molecule has 8 bridgehead atoms. The van der Waals surface area contributed by atoms with E-state index < -0.39 is 61.6 Å². The fourth-order valence-corrected chi connectivity index (χ4v) is 11.7. The van der Waals surface area contributed by atoms with Gasteiger partial charge in [-0.1, -0.05) is 30.2 Å². The average molecular weight is 633 g/mol. The molecule has 8 aliphatic rings. The highest BCUT2D eigenvalue weighted by molar-refractivity contribution is 6.28. The van der Waals surface area contributed by atoms with Crippen LogP contribution in [0.5, 0.6) is 11.5 Å². The van der Waals surface area contributed by atoms with Crippen LogP contribution in [0.15, 0.2) is 41.5 Å². The van der Waals surface area contributed by atoms with E-state index in [9.17, 15) is 15.3 Å². The molecule has 3 saturated heterocycles. The summed E-state index contributed by atoms with van der Waals surface area (Å²) in [4.78, 5) is 46.9. The van der Waals surface area contributed by atoms with E-state index in [-0.39, 0.29) is 48.2 Å². The zero-order valence-corrected chi connectivity index (χ0v) is 28.4. The Kier molecular flexibility index (Phi) is 6.22. The molecule has 1 aromatic carbocycles. The minimum atomic E-state index is -1.86. The van der Waals surface area contributed by atoms with Crippen molar-refractivity contribution in [1.82, 2.24) is 0 Å². The lowest BCUT2D eigenvalue weighted by atomic mass is 9.32. The smallest absolute Gasteiger partial charge is 0.198 e. The number of ether oxygens (including phenoxy) is 2. The topological polar surface area (TPSA) is 130 Å². The number of hydrogen-bond acceptors (Lipinski definition) is 8. The molecule has 1 spiro atoms. The first-order chi connectivity index (χ1) is 21.2. The first-order valence-electron chi connectivity index (χ1n) is 16.8. The van der Waals surface area contributed by atoms with Crippen molar-refractivity contribution < 1.29 is 39.2 Å². The van der Waals surface area contributed by atoms with Gasteiger partial charge in [-0.2, -0.15) is 0 Å². The van der Waals surface area contributed by atoms with E-state index in [2.05, 4.69) is 13.0 Å². The molecule has 8 heteroatoms. The molecule has 9 rings (SSSR count). The Hall–Kier alpha value is -2.81. The van der Waals surface area contributed by atoms with E-state index in [0.717, 1.165) is 11.1 Å². The van der Waals surface area contributed by atoms with Gasteiger partial charge in [-0.3, -0.25) is 14.4 Å². The molecule has 1 aromatic rings. The summed E-state index contributed by atoms with van der Waals surface area (Å²) in [5.41, 5.74) is -7.34. The van der Waals surface area contributed by atoms with Crippen molar-refractivity contribution in [2.75, 3.05) is 0 Å². The number of benzene rings is 1. The molecule has 248 valence electrons. The average Bonchev–Trinajstić information content (AvgIpc) is 3.14. The van der Waals surface area contributed by atoms with Crippen molar-refractivity contribution in [3.63, 3.8) is 0 Å². The van der Waals surface area contributed by atoms with Gasteiger partial charge < -0.3 is 24.8 Å². The minimum Gasteiger partial charge on any atom is -0.504 e. The molecule has 3 heterocycles. The minimum absolute atomic E-state index is 0.00163. The van der Waals surface area contributed by atoms with Gasteiger partial charge in [0, 0.05) is 17.4 Å². The fraction of sp³-hybridized carbons (Fsp3) is 0.658. The highest BCUT2D eigenvalue weighted by Gasteiger charge is 2.97. The molecule has 8 nitrogen and oxygen atoms in total. The Morgan fingerprint density at radius 2 is 1.61 bits per heavy atom. The van der Waals surface area contributed by atoms with Crippen molar-refractivity contribution in [1.29, 1.82) is 0 Å². The van der Waals surface area contributed by atoms with E-state index in [1.54, 1.807) is 13.8 Å². The second-order valence-electron chi connectivity index (χ2n) is 17.1. The number of ketones is 3. The van der Waals surface area contributed by atoms with Crippen molar-refractivity contribution >= 4 is 17.3 Å². The van der Waals surface area contributed by atoms with Crippen LogP contribution in [0.3, 0.4) is 0 Å². The molecule has 46 heavy (non-hydrogen) atoms. The lowest BCUT2D eigenvalue weighted by Crippen LogP contribution is -2.85. The largest absolute Gasteiger partial charge is 0.504 e. The van der Waals surface area contributed by atoms with Gasteiger partial charge in [-0.25, -0.2) is 0 Å². The number of hydrogen-bond donors (Lipinski definition) is 3. The highest BCUT2D eigenvalue weighted by Crippen LogP contribution is 2.87. The summed E-state index contributed by atoms with van der Waals surface area (Å²) in [6.07, 6.45) is 6.46. The number of phenolic OH excluding ortho intramolecular Hbond substituents is 2. The number of phenols is 2. The number of allylic oxidation sites excluding steroid dienone is 4. The van der Waals surface area contributed by atoms with Crippen molar-refractivity contribution in [2.45, 2.75) is 123 Å². The standard InChI is InChI=1S/C38H48O8/c1-21(2)9-11-24-16-35-17-25-18-37(31(5,6)44)45-33(25,8)20-36(28(41)23-10-12-26(39)27(40)15-23)30(43)34(29(35)42,14-13-22(3)4)19-32(24,7)38(35,36)46-37/h9-10,12-13,15,24-25,39-40,44H,11,14,16-20H2,1-8H3/t24-,25-,32+,33-,34-,35-,36-,37-,38-/m0/s1. The molecule has 3 aliphatic heterocycles. The first kappa shape index (κ1) is 31.8. The maximum absolute atomic E-state index is 15.8. The van der Waals surface area contributed by atoms with Crippen LogP contribution in [0.1, 0.15) is 111 Å². The van der Waals surface area contributed by atoms with Gasteiger partial charge >= 0.3 is 0 Å². The van der Waals surface area contributed by atoms with Gasteiger partial charge in [0.1, 0.15) is 16.6 Å². The molecule has 8 fully saturated rings. The Labute approximate surface area is 271 Å². The number of carbonyl (C=O) groups is 3. The van der Waals surface area contributed by atoms with Crippen LogP contribution < -0.4 is 0 Å². The van der Waals surface area contributed by atoms with Crippen LogP contribution in [0.2, 0.25) is 0 Å². The molecule has 0 aromatic heterocycles. The lowest BCUT2D eigenvalue weighted by molar-refractivity contribution is -0.384. The summed E-state index contributed by atoms with van der Waals surface area (Å²) in [5, 5.41) is 32.6. The Bertz CT molecular complexity index is 1660. The molecular formula is C38H48O8. The molecule has 5 aliphatic carbocycles. The Morgan fingerprint density at radius 1 is 0.935 bits per heavy atom. The van der Waals surface area contributed by atoms with Gasteiger partial charge in [-0.05, 0) is 117 Å². The van der Waals surface area contributed by atoms with Gasteiger partial charge in [0.15, 0.2) is 34.6 Å². The monoisotopic (exact) mass is 632 g/mol. The van der Waals surface area contributed by atoms with E-state index in [1.807, 2.05) is 40.7 Å². The van der Waals surface area contributed by atoms with Crippen molar-refractivity contribution in [3.05, 3.63) is 47.1 Å². The summed E-state index contributed by atoms with van der Waals surface area (Å²) in [6, 6.07) is 3.91. The van der Waals surface area contributed by atoms with Crippen LogP contribution in [0, 0.1) is 33.5 Å². The fourth-order valence-electron chi connectivity index (χ4n) is 11.7. The molecule has 0 amide bonds. The number of Topliss-reactive ketones (excluding diaryl/α,β-unsaturated/α-hetero) is 3. The Balaban J connectivity index is 1.63. The molecule has 0 radical (unpaired) electrons. The van der Waals surface area contributed by atoms with Gasteiger partial charge in [0.25, 0.3) is 0 Å². The van der Waals surface area contributed by atoms with E-state index in [0.29, 0.717) is 25.7 Å². The highest BCUT2D eigenvalue weighted by atomic mass is 16.7. The van der Waals surface area contributed by atoms with Gasteiger partial charge in [-0.15, -0.1) is 0 Å². The summed E-state index contributed by atoms with van der Waals surface area (Å²) >= 11 is 0. The molecule has 3 N–H and O–H groups in total. The van der Waals surface area contributed by atoms with Crippen molar-refractivity contribution in [2.24, 2.45) is 33.5 Å². The number of aliphatic hydroxyl groups is 1. The van der Waals surface area contributed by atoms with Crippen LogP contribution in [-0.2, 0) is 19.1 Å². The molecule has 0 unspecified atom stereocenters. The molecule has 9 atom stereocenters. The summed E-state index contributed by atoms with van der Waals surface area (Å²) in [5.74, 6) is -3.83. The van der Waals surface area contributed by atoms with Crippen molar-refractivity contribution in [3.8, 4) is 11.5 Å². The van der Waals surface area contributed by atoms with Gasteiger partial charge in [0.05, 0.1) is 16.4 Å². The quantitative estimate of drug-likeness (QED) is 0.137. The first-order valence-corrected chi connectivity index (χ1v) is 16.8. The molecular weight excluding hydrogens is 584 g/mol. The van der Waals surface area contributed by atoms with E-state index in [4.69, 9.17) is 9.47 Å². The van der Waals surface area contributed by atoms with E-state index in [1.165, 1.54) is 18.2 Å². The van der Waals surface area contributed by atoms with Crippen LogP contribution in [0.4, 0.5) is 0 Å². The number of carbonyl (C=O) groups excluding carboxylic acids is 3. The van der Waals surface area contributed by atoms with Crippen LogP contribution >= 0.6 is 0 Å². The normalized spacial score (nSPS) is 44.7. The summed E-state index contributed by atoms with van der Waals surface area (Å²) < 4.78 is 14.4. The summed E-state index contributed by atoms with van der Waals surface area (Å²) in [7, 11) is 0. The lowest BCUT2D eigenvalue weighted by Gasteiger charge is -2.71. The number of rotatable bonds is 7. The zero-order valence-electron chi connectivity index (χ0n) is 28.4. The van der Waals surface area contributed by atoms with E-state index >= 15 is 14.4 Å². The third kappa shape index (κ3) is 3.29. The third-order valence-electron chi connectivity index (χ3n) is 13.5. The van der Waals surface area contributed by atoms with Crippen LogP contribution in [-0.4, -0.2) is 55.3 Å². The maximum atomic E-state index is 15.8. The van der Waals surface area contributed by atoms with Gasteiger partial charge in [0.2, 0.25) is 0 Å². The predicted molar refractivity (Wildman–Crippen MR) is 170 cm³/mol. The molecule has 5 saturated carbocycles. The Morgan fingerprint density at radius 3 is 2.22 bits per heavy atom. The second kappa shape index (κ2) is 9.00.